The molecule has 110 valence electrons. The highest BCUT2D eigenvalue weighted by atomic mass is 35.5. The number of hydrogen-bond acceptors (Lipinski definition) is 3. The first-order valence-electron chi connectivity index (χ1n) is 6.69. The van der Waals surface area contributed by atoms with Crippen molar-refractivity contribution in [1.82, 2.24) is 5.32 Å². The number of carbonyl (C=O) groups excluding carboxylic acids is 1. The van der Waals surface area contributed by atoms with Gasteiger partial charge in [-0.1, -0.05) is 23.7 Å². The Labute approximate surface area is 124 Å². The van der Waals surface area contributed by atoms with Gasteiger partial charge in [0.25, 0.3) is 0 Å². The third-order valence-corrected chi connectivity index (χ3v) is 5.53. The summed E-state index contributed by atoms with van der Waals surface area (Å²) >= 11 is 5.80. The summed E-state index contributed by atoms with van der Waals surface area (Å²) in [4.78, 5) is 11.9. The first kappa shape index (κ1) is 15.3. The largest absolute Gasteiger partial charge is 0.356 e. The summed E-state index contributed by atoms with van der Waals surface area (Å²) in [6.45, 7) is 0.511. The van der Waals surface area contributed by atoms with E-state index in [9.17, 15) is 13.2 Å². The smallest absolute Gasteiger partial charge is 0.224 e. The predicted octanol–water partition coefficient (Wildman–Crippen LogP) is 1.82. The van der Waals surface area contributed by atoms with E-state index in [1.54, 1.807) is 0 Å². The molecule has 1 unspecified atom stereocenters. The van der Waals surface area contributed by atoms with Gasteiger partial charge in [-0.3, -0.25) is 4.79 Å². The fraction of sp³-hybridized carbons (Fsp3) is 0.500. The summed E-state index contributed by atoms with van der Waals surface area (Å²) in [5.74, 6) is -0.345. The van der Waals surface area contributed by atoms with E-state index in [-0.39, 0.29) is 23.3 Å². The molecule has 1 aromatic carbocycles. The lowest BCUT2D eigenvalue weighted by Gasteiger charge is -2.21. The summed E-state index contributed by atoms with van der Waals surface area (Å²) in [5, 5.41) is 3.50. The van der Waals surface area contributed by atoms with E-state index in [1.807, 2.05) is 24.3 Å². The van der Waals surface area contributed by atoms with Gasteiger partial charge in [-0.05, 0) is 37.0 Å². The van der Waals surface area contributed by atoms with Crippen LogP contribution in [0.25, 0.3) is 0 Å². The Morgan fingerprint density at radius 3 is 2.65 bits per heavy atom. The number of halogens is 1. The van der Waals surface area contributed by atoms with E-state index in [4.69, 9.17) is 11.6 Å². The molecule has 0 aliphatic carbocycles. The number of amides is 1. The van der Waals surface area contributed by atoms with Crippen LogP contribution in [0.5, 0.6) is 0 Å². The number of carbonyl (C=O) groups is 1. The Hall–Kier alpha value is -1.07. The molecule has 1 atom stereocenters. The van der Waals surface area contributed by atoms with E-state index < -0.39 is 9.84 Å². The number of benzene rings is 1. The zero-order valence-corrected chi connectivity index (χ0v) is 12.7. The zero-order chi connectivity index (χ0) is 14.6. The highest BCUT2D eigenvalue weighted by Gasteiger charge is 2.29. The molecule has 1 aromatic rings. The van der Waals surface area contributed by atoms with Crippen LogP contribution in [0.2, 0.25) is 5.02 Å². The van der Waals surface area contributed by atoms with Gasteiger partial charge >= 0.3 is 0 Å². The highest BCUT2D eigenvalue weighted by Crippen LogP contribution is 2.18. The maximum atomic E-state index is 11.9. The topological polar surface area (TPSA) is 63.2 Å². The van der Waals surface area contributed by atoms with Gasteiger partial charge in [-0.25, -0.2) is 8.42 Å². The first-order chi connectivity index (χ1) is 9.46. The number of rotatable bonds is 4. The van der Waals surface area contributed by atoms with Crippen molar-refractivity contribution in [2.45, 2.75) is 19.3 Å². The molecule has 1 fully saturated rings. The molecule has 6 heteroatoms. The van der Waals surface area contributed by atoms with Crippen molar-refractivity contribution in [3.63, 3.8) is 0 Å². The molecule has 1 aliphatic heterocycles. The third-order valence-electron chi connectivity index (χ3n) is 3.46. The van der Waals surface area contributed by atoms with E-state index in [0.29, 0.717) is 30.8 Å². The molecule has 0 spiro atoms. The van der Waals surface area contributed by atoms with Crippen LogP contribution < -0.4 is 5.32 Å². The second-order valence-corrected chi connectivity index (χ2v) is 7.79. The van der Waals surface area contributed by atoms with Gasteiger partial charge in [0.15, 0.2) is 9.84 Å². The standard InChI is InChI=1S/C14H18ClNO3S/c15-13-5-3-11(4-6-13)7-8-16-14(17)12-2-1-9-20(18,19)10-12/h3-6,12H,1-2,7-10H2,(H,16,17). The normalized spacial score (nSPS) is 21.4. The minimum absolute atomic E-state index is 0.0141. The first-order valence-corrected chi connectivity index (χ1v) is 8.89. The average molecular weight is 316 g/mol. The van der Waals surface area contributed by atoms with Crippen LogP contribution in [-0.2, 0) is 21.1 Å². The molecule has 1 amide bonds. The number of sulfone groups is 1. The molecule has 1 aliphatic rings. The summed E-state index contributed by atoms with van der Waals surface area (Å²) < 4.78 is 23.0. The van der Waals surface area contributed by atoms with Gasteiger partial charge in [0.2, 0.25) is 5.91 Å². The third kappa shape index (κ3) is 4.49. The van der Waals surface area contributed by atoms with Crippen molar-refractivity contribution in [2.24, 2.45) is 5.92 Å². The quantitative estimate of drug-likeness (QED) is 0.922. The minimum Gasteiger partial charge on any atom is -0.356 e. The van der Waals surface area contributed by atoms with Gasteiger partial charge in [0.05, 0.1) is 17.4 Å². The zero-order valence-electron chi connectivity index (χ0n) is 11.1. The molecule has 1 saturated heterocycles. The SMILES string of the molecule is O=C(NCCc1ccc(Cl)cc1)C1CCCS(=O)(=O)C1. The van der Waals surface area contributed by atoms with Crippen molar-refractivity contribution >= 4 is 27.3 Å². The average Bonchev–Trinajstić information content (AvgIpc) is 2.40. The Balaban J connectivity index is 1.79. The lowest BCUT2D eigenvalue weighted by Crippen LogP contribution is -2.38. The van der Waals surface area contributed by atoms with Crippen molar-refractivity contribution in [3.8, 4) is 0 Å². The minimum atomic E-state index is -3.03. The van der Waals surface area contributed by atoms with Crippen molar-refractivity contribution in [2.75, 3.05) is 18.1 Å². The second-order valence-electron chi connectivity index (χ2n) is 5.12. The molecule has 2 rings (SSSR count). The van der Waals surface area contributed by atoms with E-state index >= 15 is 0 Å². The fourth-order valence-corrected chi connectivity index (χ4v) is 4.19. The predicted molar refractivity (Wildman–Crippen MR) is 79.5 cm³/mol. The Morgan fingerprint density at radius 2 is 2.00 bits per heavy atom. The Morgan fingerprint density at radius 1 is 1.30 bits per heavy atom. The molecular formula is C14H18ClNO3S. The van der Waals surface area contributed by atoms with E-state index in [0.717, 1.165) is 5.56 Å². The Bertz CT molecular complexity index is 569. The van der Waals surface area contributed by atoms with Gasteiger partial charge in [-0.15, -0.1) is 0 Å². The molecule has 1 heterocycles. The summed E-state index contributed by atoms with van der Waals surface area (Å²) in [7, 11) is -3.03. The summed E-state index contributed by atoms with van der Waals surface area (Å²) in [5.41, 5.74) is 1.09. The lowest BCUT2D eigenvalue weighted by atomic mass is 10.0. The maximum absolute atomic E-state index is 11.9. The van der Waals surface area contributed by atoms with Crippen LogP contribution >= 0.6 is 11.6 Å². The van der Waals surface area contributed by atoms with E-state index in [1.165, 1.54) is 0 Å². The van der Waals surface area contributed by atoms with Gasteiger partial charge in [0.1, 0.15) is 0 Å². The molecule has 0 aromatic heterocycles. The van der Waals surface area contributed by atoms with Gasteiger partial charge in [0, 0.05) is 11.6 Å². The van der Waals surface area contributed by atoms with Crippen LogP contribution in [0.15, 0.2) is 24.3 Å². The van der Waals surface area contributed by atoms with Crippen LogP contribution in [0, 0.1) is 5.92 Å². The second kappa shape index (κ2) is 6.59. The molecule has 0 bridgehead atoms. The summed E-state index contributed by atoms with van der Waals surface area (Å²) in [6, 6.07) is 7.46. The monoisotopic (exact) mass is 315 g/mol. The van der Waals surface area contributed by atoms with Crippen molar-refractivity contribution in [1.29, 1.82) is 0 Å². The Kier molecular flexibility index (Phi) is 5.05. The number of nitrogens with one attached hydrogen (secondary N) is 1. The van der Waals surface area contributed by atoms with Crippen LogP contribution in [0.3, 0.4) is 0 Å². The lowest BCUT2D eigenvalue weighted by molar-refractivity contribution is -0.124. The fourth-order valence-electron chi connectivity index (χ4n) is 2.36. The molecular weight excluding hydrogens is 298 g/mol. The van der Waals surface area contributed by atoms with Gasteiger partial charge in [-0.2, -0.15) is 0 Å². The summed E-state index contributed by atoms with van der Waals surface area (Å²) in [6.07, 6.45) is 1.95. The molecule has 4 nitrogen and oxygen atoms in total. The van der Waals surface area contributed by atoms with Crippen LogP contribution in [0.4, 0.5) is 0 Å². The number of hydrogen-bond donors (Lipinski definition) is 1. The molecule has 1 N–H and O–H groups in total. The van der Waals surface area contributed by atoms with Gasteiger partial charge < -0.3 is 5.32 Å². The molecule has 0 radical (unpaired) electrons. The highest BCUT2D eigenvalue weighted by molar-refractivity contribution is 7.91. The van der Waals surface area contributed by atoms with E-state index in [2.05, 4.69) is 5.32 Å². The molecule has 0 saturated carbocycles. The maximum Gasteiger partial charge on any atom is 0.224 e. The molecule has 20 heavy (non-hydrogen) atoms. The van der Waals surface area contributed by atoms with Crippen LogP contribution in [-0.4, -0.2) is 32.4 Å². The van der Waals surface area contributed by atoms with Crippen molar-refractivity contribution in [3.05, 3.63) is 34.9 Å². The van der Waals surface area contributed by atoms with Crippen LogP contribution in [0.1, 0.15) is 18.4 Å². The van der Waals surface area contributed by atoms with Crippen molar-refractivity contribution < 1.29 is 13.2 Å².